The Morgan fingerprint density at radius 2 is 1.96 bits per heavy atom. The summed E-state index contributed by atoms with van der Waals surface area (Å²) in [5.74, 6) is 0.871. The maximum atomic E-state index is 5.63. The van der Waals surface area contributed by atoms with Crippen molar-refractivity contribution >= 4 is 5.96 Å². The van der Waals surface area contributed by atoms with Crippen LogP contribution in [0.25, 0.3) is 0 Å². The molecule has 0 aromatic heterocycles. The normalized spacial score (nSPS) is 18.8. The van der Waals surface area contributed by atoms with Gasteiger partial charge in [-0.05, 0) is 50.9 Å². The number of aliphatic imine (C=N–C) groups is 1. The fraction of sp³-hybridized carbons (Fsp3) is 0.650. The third kappa shape index (κ3) is 6.67. The van der Waals surface area contributed by atoms with Crippen molar-refractivity contribution in [3.8, 4) is 0 Å². The molecule has 0 saturated carbocycles. The fourth-order valence-corrected chi connectivity index (χ4v) is 3.18. The van der Waals surface area contributed by atoms with Crippen LogP contribution in [0.3, 0.4) is 0 Å². The Balaban J connectivity index is 1.74. The van der Waals surface area contributed by atoms with Crippen LogP contribution in [0.5, 0.6) is 0 Å². The van der Waals surface area contributed by atoms with E-state index in [0.717, 1.165) is 25.6 Å². The molecule has 0 spiro atoms. The molecule has 0 amide bonds. The van der Waals surface area contributed by atoms with Gasteiger partial charge in [-0.1, -0.05) is 31.2 Å². The van der Waals surface area contributed by atoms with E-state index < -0.39 is 0 Å². The fourth-order valence-electron chi connectivity index (χ4n) is 3.18. The van der Waals surface area contributed by atoms with Crippen molar-refractivity contribution in [2.24, 2.45) is 4.99 Å². The van der Waals surface area contributed by atoms with E-state index in [0.29, 0.717) is 12.6 Å². The Hall–Kier alpha value is -1.59. The lowest BCUT2D eigenvalue weighted by atomic mass is 10.1. The summed E-state index contributed by atoms with van der Waals surface area (Å²) in [7, 11) is 1.83. The van der Waals surface area contributed by atoms with E-state index in [1.165, 1.54) is 30.5 Å². The van der Waals surface area contributed by atoms with Crippen LogP contribution in [0.4, 0.5) is 0 Å². The molecule has 2 rings (SSSR count). The van der Waals surface area contributed by atoms with Crippen molar-refractivity contribution in [1.82, 2.24) is 15.5 Å². The molecule has 1 aliphatic rings. The number of hydrogen-bond acceptors (Lipinski definition) is 3. The molecule has 1 aromatic rings. The van der Waals surface area contributed by atoms with Gasteiger partial charge in [0.2, 0.25) is 0 Å². The van der Waals surface area contributed by atoms with Crippen molar-refractivity contribution in [3.63, 3.8) is 0 Å². The van der Waals surface area contributed by atoms with Gasteiger partial charge in [0, 0.05) is 26.2 Å². The first-order valence-electron chi connectivity index (χ1n) is 9.50. The first kappa shape index (κ1) is 19.7. The number of rotatable bonds is 8. The smallest absolute Gasteiger partial charge is 0.191 e. The minimum Gasteiger partial charge on any atom is -0.374 e. The molecule has 1 heterocycles. The number of likely N-dealkylation sites (tertiary alicyclic amines) is 1. The molecule has 1 saturated heterocycles. The Bertz CT molecular complexity index is 527. The largest absolute Gasteiger partial charge is 0.374 e. The summed E-state index contributed by atoms with van der Waals surface area (Å²) in [5.41, 5.74) is 2.45. The first-order chi connectivity index (χ1) is 12.1. The average Bonchev–Trinajstić information content (AvgIpc) is 3.08. The summed E-state index contributed by atoms with van der Waals surface area (Å²) in [6.45, 7) is 11.1. The van der Waals surface area contributed by atoms with Crippen LogP contribution in [0.15, 0.2) is 29.3 Å². The number of benzene rings is 1. The molecular weight excluding hydrogens is 312 g/mol. The maximum absolute atomic E-state index is 5.63. The number of nitrogens with one attached hydrogen (secondary N) is 2. The second-order valence-electron chi connectivity index (χ2n) is 6.91. The van der Waals surface area contributed by atoms with E-state index in [9.17, 15) is 0 Å². The Morgan fingerprint density at radius 3 is 2.60 bits per heavy atom. The van der Waals surface area contributed by atoms with Gasteiger partial charge in [-0.15, -0.1) is 0 Å². The maximum Gasteiger partial charge on any atom is 0.191 e. The van der Waals surface area contributed by atoms with Crippen LogP contribution in [0.2, 0.25) is 0 Å². The third-order valence-corrected chi connectivity index (χ3v) is 4.70. The predicted octanol–water partition coefficient (Wildman–Crippen LogP) is 2.76. The Labute approximate surface area is 152 Å². The lowest BCUT2D eigenvalue weighted by molar-refractivity contribution is 0.0657. The molecule has 2 N–H and O–H groups in total. The van der Waals surface area contributed by atoms with Gasteiger partial charge in [0.05, 0.1) is 12.7 Å². The highest BCUT2D eigenvalue weighted by Crippen LogP contribution is 2.15. The van der Waals surface area contributed by atoms with Crippen LogP contribution in [-0.2, 0) is 17.9 Å². The van der Waals surface area contributed by atoms with Crippen LogP contribution in [0.1, 0.15) is 44.7 Å². The zero-order valence-corrected chi connectivity index (χ0v) is 16.2. The van der Waals surface area contributed by atoms with Crippen molar-refractivity contribution in [2.75, 3.05) is 26.7 Å². The van der Waals surface area contributed by atoms with Crippen molar-refractivity contribution < 1.29 is 4.74 Å². The second kappa shape index (κ2) is 10.4. The SMILES string of the molecule is CCN1CCCC1CNC(=NC)NCc1ccc(COC(C)C)cc1. The number of guanidine groups is 1. The first-order valence-corrected chi connectivity index (χ1v) is 9.50. The molecule has 1 atom stereocenters. The van der Waals surface area contributed by atoms with Gasteiger partial charge in [-0.3, -0.25) is 9.89 Å². The molecule has 1 unspecified atom stereocenters. The predicted molar refractivity (Wildman–Crippen MR) is 105 cm³/mol. The second-order valence-corrected chi connectivity index (χ2v) is 6.91. The summed E-state index contributed by atoms with van der Waals surface area (Å²) in [6, 6.07) is 9.19. The molecule has 1 aliphatic heterocycles. The minimum absolute atomic E-state index is 0.263. The molecule has 1 fully saturated rings. The summed E-state index contributed by atoms with van der Waals surface area (Å²) in [4.78, 5) is 6.88. The van der Waals surface area contributed by atoms with Crippen LogP contribution < -0.4 is 10.6 Å². The summed E-state index contributed by atoms with van der Waals surface area (Å²) < 4.78 is 5.63. The zero-order valence-electron chi connectivity index (χ0n) is 16.2. The highest BCUT2D eigenvalue weighted by molar-refractivity contribution is 5.79. The number of ether oxygens (including phenoxy) is 1. The molecule has 0 radical (unpaired) electrons. The van der Waals surface area contributed by atoms with Crippen LogP contribution >= 0.6 is 0 Å². The molecule has 140 valence electrons. The van der Waals surface area contributed by atoms with E-state index in [4.69, 9.17) is 4.74 Å². The van der Waals surface area contributed by atoms with E-state index in [1.54, 1.807) is 0 Å². The summed E-state index contributed by atoms with van der Waals surface area (Å²) in [5, 5.41) is 6.87. The molecule has 1 aromatic carbocycles. The topological polar surface area (TPSA) is 48.9 Å². The lowest BCUT2D eigenvalue weighted by Gasteiger charge is -2.24. The van der Waals surface area contributed by atoms with E-state index in [2.05, 4.69) is 65.6 Å². The van der Waals surface area contributed by atoms with Gasteiger partial charge < -0.3 is 15.4 Å². The molecule has 25 heavy (non-hydrogen) atoms. The van der Waals surface area contributed by atoms with Gasteiger partial charge in [0.15, 0.2) is 5.96 Å². The van der Waals surface area contributed by atoms with E-state index in [1.807, 2.05) is 7.05 Å². The van der Waals surface area contributed by atoms with Crippen LogP contribution in [-0.4, -0.2) is 49.7 Å². The van der Waals surface area contributed by atoms with Crippen molar-refractivity contribution in [1.29, 1.82) is 0 Å². The lowest BCUT2D eigenvalue weighted by Crippen LogP contribution is -2.44. The summed E-state index contributed by atoms with van der Waals surface area (Å²) in [6.07, 6.45) is 2.84. The Kier molecular flexibility index (Phi) is 8.22. The quantitative estimate of drug-likeness (QED) is 0.561. The standard InChI is InChI=1S/C20H34N4O/c1-5-24-12-6-7-19(24)14-23-20(21-4)22-13-17-8-10-18(11-9-17)15-25-16(2)3/h8-11,16,19H,5-7,12-15H2,1-4H3,(H2,21,22,23). The zero-order chi connectivity index (χ0) is 18.1. The van der Waals surface area contributed by atoms with Gasteiger partial charge >= 0.3 is 0 Å². The summed E-state index contributed by atoms with van der Waals surface area (Å²) >= 11 is 0. The number of nitrogens with zero attached hydrogens (tertiary/aromatic N) is 2. The van der Waals surface area contributed by atoms with Gasteiger partial charge in [0.25, 0.3) is 0 Å². The van der Waals surface area contributed by atoms with Gasteiger partial charge in [-0.2, -0.15) is 0 Å². The van der Waals surface area contributed by atoms with Crippen molar-refractivity contribution in [3.05, 3.63) is 35.4 Å². The van der Waals surface area contributed by atoms with E-state index >= 15 is 0 Å². The molecule has 5 nitrogen and oxygen atoms in total. The highest BCUT2D eigenvalue weighted by atomic mass is 16.5. The monoisotopic (exact) mass is 346 g/mol. The highest BCUT2D eigenvalue weighted by Gasteiger charge is 2.22. The average molecular weight is 347 g/mol. The van der Waals surface area contributed by atoms with Crippen LogP contribution in [0, 0.1) is 0 Å². The van der Waals surface area contributed by atoms with Gasteiger partial charge in [0.1, 0.15) is 0 Å². The third-order valence-electron chi connectivity index (χ3n) is 4.70. The van der Waals surface area contributed by atoms with E-state index in [-0.39, 0.29) is 6.10 Å². The molecule has 5 heteroatoms. The molecular formula is C20H34N4O. The minimum atomic E-state index is 0.263. The van der Waals surface area contributed by atoms with Crippen molar-refractivity contribution in [2.45, 2.75) is 58.9 Å². The van der Waals surface area contributed by atoms with Gasteiger partial charge in [-0.25, -0.2) is 0 Å². The number of likely N-dealkylation sites (N-methyl/N-ethyl adjacent to an activating group) is 1. The number of hydrogen-bond donors (Lipinski definition) is 2. The molecule has 0 bridgehead atoms. The molecule has 0 aliphatic carbocycles. The Morgan fingerprint density at radius 1 is 1.24 bits per heavy atom.